The Balaban J connectivity index is 0.000000980. The number of aliphatic imine (C=N–C) groups is 1. The number of aryl methyl sites for hydroxylation is 1. The van der Waals surface area contributed by atoms with Gasteiger partial charge in [0.05, 0.1) is 0 Å². The van der Waals surface area contributed by atoms with Crippen LogP contribution in [0.4, 0.5) is 13.2 Å². The number of pyridine rings is 1. The predicted octanol–water partition coefficient (Wildman–Crippen LogP) is 2.19. The predicted molar refractivity (Wildman–Crippen MR) is 190 cm³/mol. The molecule has 1 saturated carbocycles. The van der Waals surface area contributed by atoms with Crippen LogP contribution < -0.4 is 26.3 Å². The number of nitrogens with zero attached hydrogens (tertiary/aromatic N) is 3. The van der Waals surface area contributed by atoms with Crippen LogP contribution in [0.1, 0.15) is 68.1 Å². The Bertz CT molecular complexity index is 1590. The first-order valence-corrected chi connectivity index (χ1v) is 17.8. The molecule has 4 amide bonds. The molecule has 290 valence electrons. The van der Waals surface area contributed by atoms with Crippen molar-refractivity contribution in [1.29, 1.82) is 0 Å². The van der Waals surface area contributed by atoms with Crippen molar-refractivity contribution < 1.29 is 46.8 Å². The number of halogens is 3. The Hall–Kier alpha value is -5.02. The summed E-state index contributed by atoms with van der Waals surface area (Å²) in [6.07, 6.45) is 6.46. The molecule has 3 atom stereocenters. The van der Waals surface area contributed by atoms with E-state index in [0.717, 1.165) is 73.9 Å². The number of hydrogen-bond acceptors (Lipinski definition) is 6. The van der Waals surface area contributed by atoms with Gasteiger partial charge in [0.2, 0.25) is 23.6 Å². The van der Waals surface area contributed by atoms with E-state index < -0.39 is 47.9 Å². The molecule has 1 aromatic carbocycles. The van der Waals surface area contributed by atoms with Crippen LogP contribution in [-0.2, 0) is 43.9 Å². The van der Waals surface area contributed by atoms with Gasteiger partial charge in [0.1, 0.15) is 30.9 Å². The summed E-state index contributed by atoms with van der Waals surface area (Å²) < 4.78 is 33.6. The van der Waals surface area contributed by atoms with Gasteiger partial charge in [-0.05, 0) is 56.1 Å². The van der Waals surface area contributed by atoms with E-state index in [2.05, 4.69) is 20.9 Å². The highest BCUT2D eigenvalue weighted by Crippen LogP contribution is 2.28. The Kier molecular flexibility index (Phi) is 16.2. The van der Waals surface area contributed by atoms with E-state index in [1.807, 2.05) is 60.4 Å². The van der Waals surface area contributed by atoms with Gasteiger partial charge < -0.3 is 31.7 Å². The topological polar surface area (TPSA) is 187 Å². The van der Waals surface area contributed by atoms with Gasteiger partial charge in [-0.3, -0.25) is 24.2 Å². The molecule has 1 aromatic heterocycles. The molecule has 53 heavy (non-hydrogen) atoms. The lowest BCUT2D eigenvalue weighted by Crippen LogP contribution is -2.58. The number of carboxylic acids is 1. The van der Waals surface area contributed by atoms with E-state index in [9.17, 15) is 32.3 Å². The average molecular weight is 747 g/mol. The zero-order valence-corrected chi connectivity index (χ0v) is 30.5. The smallest absolute Gasteiger partial charge is 0.475 e. The second-order valence-corrected chi connectivity index (χ2v) is 13.4. The summed E-state index contributed by atoms with van der Waals surface area (Å²) in [7, 11) is 5.40. The number of carbonyl (C=O) groups is 5. The second kappa shape index (κ2) is 20.3. The number of rotatable bonds is 12. The highest BCUT2D eigenvalue weighted by Gasteiger charge is 2.39. The maximum absolute atomic E-state index is 14.1. The van der Waals surface area contributed by atoms with Crippen molar-refractivity contribution in [1.82, 2.24) is 20.9 Å². The molecule has 1 aliphatic carbocycles. The molecule has 0 radical (unpaired) electrons. The van der Waals surface area contributed by atoms with Crippen LogP contribution in [0, 0.1) is 11.8 Å². The minimum atomic E-state index is -5.08. The standard InChI is InChI=1S/C35H49N7O4.C2HF3O2/c1-37-32(38-2)27-16-14-24(15-17-27)21-28(35(46)42-19-8-5-9-20-42)33(44)40-30(26-12-6-4-7-13-26)34(45)39-29(31(36)43)22-25-11-10-18-41(3)23-25;3-2(4,5)1(6)7/h10-11,14-18,23,26,28-30H,4-9,12-13,19-22H2,1-3H3,(H4-,36,37,38,39,40,43,44,45);(H,6,7)/p+1/t28?,29-,30-;/m0./s1. The minimum Gasteiger partial charge on any atom is -0.475 e. The summed E-state index contributed by atoms with van der Waals surface area (Å²) in [5.74, 6) is -4.92. The zero-order chi connectivity index (χ0) is 39.1. The van der Waals surface area contributed by atoms with Crippen LogP contribution in [-0.4, -0.2) is 90.9 Å². The SMILES string of the molecule is CN=C(NC)c1ccc(CC(C(=O)N[C@H](C(=O)N[C@@H](Cc2ccc[n+](C)c2)C(N)=O)C2CCCCC2)C(=O)N2CCCCC2)cc1.O=C(O)C(F)(F)F. The number of nitrogens with two attached hydrogens (primary N) is 1. The van der Waals surface area contributed by atoms with Gasteiger partial charge in [0.15, 0.2) is 12.4 Å². The largest absolute Gasteiger partial charge is 0.490 e. The number of hydrogen-bond donors (Lipinski definition) is 5. The number of carbonyl (C=O) groups excluding carboxylic acids is 4. The first-order chi connectivity index (χ1) is 25.1. The van der Waals surface area contributed by atoms with Crippen molar-refractivity contribution in [2.75, 3.05) is 27.2 Å². The quantitative estimate of drug-likeness (QED) is 0.0954. The number of amidine groups is 1. The fourth-order valence-corrected chi connectivity index (χ4v) is 6.66. The van der Waals surface area contributed by atoms with Gasteiger partial charge in [0, 0.05) is 50.8 Å². The third-order valence-electron chi connectivity index (χ3n) is 9.45. The third-order valence-corrected chi connectivity index (χ3v) is 9.45. The summed E-state index contributed by atoms with van der Waals surface area (Å²) in [5, 5.41) is 16.0. The number of carboxylic acid groups (broad SMARTS) is 1. The van der Waals surface area contributed by atoms with Crippen LogP contribution in [0.3, 0.4) is 0 Å². The number of amides is 4. The molecule has 1 unspecified atom stereocenters. The zero-order valence-electron chi connectivity index (χ0n) is 30.5. The number of likely N-dealkylation sites (tertiary alicyclic amines) is 1. The van der Waals surface area contributed by atoms with Crippen molar-refractivity contribution in [3.8, 4) is 0 Å². The molecule has 2 aliphatic rings. The van der Waals surface area contributed by atoms with E-state index >= 15 is 0 Å². The monoisotopic (exact) mass is 746 g/mol. The van der Waals surface area contributed by atoms with Crippen molar-refractivity contribution in [2.45, 2.75) is 82.5 Å². The molecule has 0 bridgehead atoms. The number of nitrogens with one attached hydrogen (secondary N) is 3. The van der Waals surface area contributed by atoms with E-state index in [4.69, 9.17) is 15.6 Å². The fourth-order valence-electron chi connectivity index (χ4n) is 6.66. The van der Waals surface area contributed by atoms with Crippen LogP contribution in [0.2, 0.25) is 0 Å². The molecule has 4 rings (SSSR count). The molecular weight excluding hydrogens is 695 g/mol. The number of aliphatic carboxylic acids is 1. The van der Waals surface area contributed by atoms with E-state index in [0.29, 0.717) is 13.1 Å². The van der Waals surface area contributed by atoms with E-state index in [1.165, 1.54) is 0 Å². The molecule has 0 spiro atoms. The van der Waals surface area contributed by atoms with Crippen molar-refractivity contribution in [3.05, 3.63) is 65.5 Å². The molecule has 1 saturated heterocycles. The van der Waals surface area contributed by atoms with Crippen molar-refractivity contribution in [2.24, 2.45) is 29.6 Å². The summed E-state index contributed by atoms with van der Waals surface area (Å²) in [4.78, 5) is 69.4. The van der Waals surface area contributed by atoms with Gasteiger partial charge in [-0.25, -0.2) is 9.36 Å². The second-order valence-electron chi connectivity index (χ2n) is 13.4. The molecule has 13 nitrogen and oxygen atoms in total. The lowest BCUT2D eigenvalue weighted by atomic mass is 9.83. The molecular formula is C37H51F3N7O6+. The first kappa shape index (κ1) is 42.4. The van der Waals surface area contributed by atoms with Gasteiger partial charge in [-0.15, -0.1) is 0 Å². The normalized spacial score (nSPS) is 16.9. The van der Waals surface area contributed by atoms with Gasteiger partial charge >= 0.3 is 12.1 Å². The average Bonchev–Trinajstić information content (AvgIpc) is 3.13. The van der Waals surface area contributed by atoms with Gasteiger partial charge in [0.25, 0.3) is 0 Å². The number of piperidine rings is 1. The number of benzene rings is 1. The molecule has 2 aromatic rings. The summed E-state index contributed by atoms with van der Waals surface area (Å²) in [6, 6.07) is 9.57. The third kappa shape index (κ3) is 13.2. The van der Waals surface area contributed by atoms with Crippen LogP contribution in [0.5, 0.6) is 0 Å². The van der Waals surface area contributed by atoms with Crippen LogP contribution in [0.15, 0.2) is 53.8 Å². The van der Waals surface area contributed by atoms with Crippen molar-refractivity contribution in [3.63, 3.8) is 0 Å². The lowest BCUT2D eigenvalue weighted by Gasteiger charge is -2.33. The van der Waals surface area contributed by atoms with Gasteiger partial charge in [-0.2, -0.15) is 13.2 Å². The lowest BCUT2D eigenvalue weighted by molar-refractivity contribution is -0.671. The summed E-state index contributed by atoms with van der Waals surface area (Å²) in [5.41, 5.74) is 8.33. The molecule has 2 fully saturated rings. The molecule has 1 aliphatic heterocycles. The maximum atomic E-state index is 14.1. The maximum Gasteiger partial charge on any atom is 0.490 e. The highest BCUT2D eigenvalue weighted by atomic mass is 19.4. The molecule has 2 heterocycles. The number of primary amides is 1. The Labute approximate surface area is 307 Å². The van der Waals surface area contributed by atoms with Crippen molar-refractivity contribution >= 4 is 35.4 Å². The van der Waals surface area contributed by atoms with Crippen LogP contribution in [0.25, 0.3) is 0 Å². The fraction of sp³-hybridized carbons (Fsp3) is 0.541. The Morgan fingerprint density at radius 2 is 1.53 bits per heavy atom. The van der Waals surface area contributed by atoms with E-state index in [1.54, 1.807) is 19.0 Å². The van der Waals surface area contributed by atoms with Crippen LogP contribution >= 0.6 is 0 Å². The molecule has 6 N–H and O–H groups in total. The number of alkyl halides is 3. The van der Waals surface area contributed by atoms with E-state index in [-0.39, 0.29) is 24.7 Å². The Morgan fingerprint density at radius 1 is 0.925 bits per heavy atom. The summed E-state index contributed by atoms with van der Waals surface area (Å²) in [6.45, 7) is 1.23. The van der Waals surface area contributed by atoms with Gasteiger partial charge in [-0.1, -0.05) is 43.5 Å². The summed E-state index contributed by atoms with van der Waals surface area (Å²) >= 11 is 0. The molecule has 16 heteroatoms. The number of aromatic nitrogens is 1. The Morgan fingerprint density at radius 3 is 2.06 bits per heavy atom. The minimum absolute atomic E-state index is 0.112. The first-order valence-electron chi connectivity index (χ1n) is 17.8. The highest BCUT2D eigenvalue weighted by molar-refractivity contribution is 6.02.